The molecule has 0 spiro atoms. The van der Waals surface area contributed by atoms with Crippen LogP contribution in [0.5, 0.6) is 0 Å². The molecule has 0 heterocycles. The molecule has 0 aliphatic heterocycles. The quantitative estimate of drug-likeness (QED) is 0.235. The maximum absolute atomic E-state index is 11.1. The highest BCUT2D eigenvalue weighted by Crippen LogP contribution is 2.21. The van der Waals surface area contributed by atoms with Crippen LogP contribution in [0, 0.1) is 0 Å². The Balaban J connectivity index is 4.78. The molecule has 3 N–H and O–H groups in total. The van der Waals surface area contributed by atoms with Gasteiger partial charge in [-0.15, -0.1) is 0 Å². The van der Waals surface area contributed by atoms with Gasteiger partial charge in [-0.05, 0) is 0 Å². The molecule has 9 nitrogen and oxygen atoms in total. The smallest absolute Gasteiger partial charge is 0.335 e. The zero-order valence-electron chi connectivity index (χ0n) is 11.2. The number of ether oxygens (including phenoxy) is 3. The fraction of sp³-hybridized carbons (Fsp3) is 0.700. The third-order valence-electron chi connectivity index (χ3n) is 2.04. The Morgan fingerprint density at radius 2 is 1.40 bits per heavy atom. The van der Waals surface area contributed by atoms with Crippen LogP contribution in [0.25, 0.3) is 0 Å². The summed E-state index contributed by atoms with van der Waals surface area (Å²) in [6.45, 7) is -1.42. The molecule has 0 saturated carbocycles. The Hall–Kier alpha value is -1.49. The molecule has 0 radical (unpaired) electrons. The number of aliphatic hydroxyl groups is 3. The second kappa shape index (κ2) is 8.63. The first-order valence-corrected chi connectivity index (χ1v) is 6.87. The molecule has 20 heavy (non-hydrogen) atoms. The zero-order valence-corrected chi connectivity index (χ0v) is 13.2. The molecule has 0 bridgehead atoms. The average Bonchev–Trinajstić information content (AvgIpc) is 2.37. The fourth-order valence-electron chi connectivity index (χ4n) is 1.48. The van der Waals surface area contributed by atoms with Gasteiger partial charge in [-0.3, -0.25) is 0 Å². The minimum atomic E-state index is -1.79. The fourth-order valence-corrected chi connectivity index (χ4v) is 2.48. The van der Waals surface area contributed by atoms with E-state index in [9.17, 15) is 14.4 Å². The molecule has 0 aromatic heterocycles. The average molecular weight is 310 g/mol. The largest absolute Gasteiger partial charge is 0.465 e. The first-order chi connectivity index (χ1) is 9.26. The van der Waals surface area contributed by atoms with E-state index >= 15 is 0 Å². The summed E-state index contributed by atoms with van der Waals surface area (Å²) in [6.07, 6.45) is -0.178. The number of hydrogen-bond acceptors (Lipinski definition) is 9. The summed E-state index contributed by atoms with van der Waals surface area (Å²) < 4.78 is 14.3. The van der Waals surface area contributed by atoms with Crippen molar-refractivity contribution in [3.05, 3.63) is 0 Å². The van der Waals surface area contributed by atoms with Crippen molar-refractivity contribution in [3.8, 4) is 0 Å². The number of aliphatic hydroxyl groups excluding tert-OH is 3. The summed E-state index contributed by atoms with van der Waals surface area (Å²) in [7, 11) is 0.315. The molecular weight excluding hydrogens is 292 g/mol. The lowest BCUT2D eigenvalue weighted by Gasteiger charge is -2.30. The molecule has 0 saturated heterocycles. The first kappa shape index (κ1) is 18.5. The topological polar surface area (TPSA) is 140 Å². The molecule has 1 atom stereocenters. The Morgan fingerprint density at radius 3 is 1.75 bits per heavy atom. The third kappa shape index (κ3) is 7.18. The molecule has 0 aromatic carbocycles. The summed E-state index contributed by atoms with van der Waals surface area (Å²) in [6, 6.07) is 0. The van der Waals surface area contributed by atoms with Crippen LogP contribution in [0.1, 0.15) is 13.3 Å². The molecule has 0 amide bonds. The molecular formula is C10H18O9Si. The van der Waals surface area contributed by atoms with Gasteiger partial charge in [0.15, 0.2) is 0 Å². The van der Waals surface area contributed by atoms with E-state index in [4.69, 9.17) is 29.5 Å². The monoisotopic (exact) mass is 310 g/mol. The van der Waals surface area contributed by atoms with Crippen LogP contribution in [-0.2, 0) is 28.6 Å². The van der Waals surface area contributed by atoms with Gasteiger partial charge >= 0.3 is 17.9 Å². The summed E-state index contributed by atoms with van der Waals surface area (Å²) in [5.41, 5.74) is -0.711. The van der Waals surface area contributed by atoms with Crippen LogP contribution in [0.4, 0.5) is 0 Å². The van der Waals surface area contributed by atoms with E-state index in [0.717, 1.165) is 0 Å². The van der Waals surface area contributed by atoms with E-state index in [2.05, 4.69) is 0 Å². The highest BCUT2D eigenvalue weighted by Gasteiger charge is 2.36. The lowest BCUT2D eigenvalue weighted by Crippen LogP contribution is -2.42. The molecule has 0 aliphatic rings. The van der Waals surface area contributed by atoms with Crippen molar-refractivity contribution in [3.63, 3.8) is 0 Å². The SMILES string of the molecule is CC(CC([SiH3])OC(=O)CO)(OC(=O)CO)OC(=O)CO. The van der Waals surface area contributed by atoms with E-state index < -0.39 is 49.2 Å². The second-order valence-electron chi connectivity index (χ2n) is 4.06. The predicted molar refractivity (Wildman–Crippen MR) is 66.3 cm³/mol. The minimum absolute atomic E-state index is 0.178. The lowest BCUT2D eigenvalue weighted by molar-refractivity contribution is -0.231. The van der Waals surface area contributed by atoms with Crippen LogP contribution in [-0.4, -0.2) is 74.8 Å². The number of carbonyl (C=O) groups excluding carboxylic acids is 3. The van der Waals surface area contributed by atoms with Gasteiger partial charge in [0.05, 0.1) is 22.4 Å². The van der Waals surface area contributed by atoms with Crippen molar-refractivity contribution in [1.82, 2.24) is 0 Å². The van der Waals surface area contributed by atoms with Crippen LogP contribution in [0.2, 0.25) is 0 Å². The minimum Gasteiger partial charge on any atom is -0.465 e. The molecule has 116 valence electrons. The van der Waals surface area contributed by atoms with Crippen molar-refractivity contribution in [2.75, 3.05) is 19.8 Å². The van der Waals surface area contributed by atoms with E-state index in [-0.39, 0.29) is 6.42 Å². The summed E-state index contributed by atoms with van der Waals surface area (Å²) in [5.74, 6) is -4.74. The maximum atomic E-state index is 11.1. The molecule has 0 rings (SSSR count). The number of esters is 3. The van der Waals surface area contributed by atoms with Crippen LogP contribution >= 0.6 is 0 Å². The molecule has 0 fully saturated rings. The number of hydrogen-bond donors (Lipinski definition) is 3. The third-order valence-corrected chi connectivity index (χ3v) is 2.68. The van der Waals surface area contributed by atoms with Crippen molar-refractivity contribution in [1.29, 1.82) is 0 Å². The van der Waals surface area contributed by atoms with Crippen molar-refractivity contribution in [2.45, 2.75) is 24.9 Å². The molecule has 10 heteroatoms. The van der Waals surface area contributed by atoms with Crippen LogP contribution < -0.4 is 0 Å². The lowest BCUT2D eigenvalue weighted by atomic mass is 10.2. The summed E-state index contributed by atoms with van der Waals surface area (Å²) in [4.78, 5) is 33.1. The number of carbonyl (C=O) groups is 3. The van der Waals surface area contributed by atoms with E-state index in [1.165, 1.54) is 6.92 Å². The van der Waals surface area contributed by atoms with Crippen LogP contribution in [0.15, 0.2) is 0 Å². The van der Waals surface area contributed by atoms with Gasteiger partial charge < -0.3 is 29.5 Å². The van der Waals surface area contributed by atoms with Gasteiger partial charge in [0.1, 0.15) is 19.8 Å². The predicted octanol–water partition coefficient (Wildman–Crippen LogP) is -3.61. The molecule has 0 aliphatic carbocycles. The number of rotatable bonds is 8. The van der Waals surface area contributed by atoms with Crippen molar-refractivity contribution in [2.24, 2.45) is 0 Å². The highest BCUT2D eigenvalue weighted by atomic mass is 28.1. The van der Waals surface area contributed by atoms with E-state index in [0.29, 0.717) is 10.2 Å². The standard InChI is InChI=1S/C10H18O9Si/c1-10(18-7(15)4-12,19-8(16)5-13)2-9(20)17-6(14)3-11/h9,11-13H,2-5H2,1,20H3. The first-order valence-electron chi connectivity index (χ1n) is 5.72. The van der Waals surface area contributed by atoms with Crippen LogP contribution in [0.3, 0.4) is 0 Å². The van der Waals surface area contributed by atoms with Gasteiger partial charge in [0.25, 0.3) is 5.79 Å². The van der Waals surface area contributed by atoms with Crippen molar-refractivity contribution < 1.29 is 43.9 Å². The Bertz CT molecular complexity index is 339. The normalized spacial score (nSPS) is 12.6. The van der Waals surface area contributed by atoms with Gasteiger partial charge in [-0.1, -0.05) is 0 Å². The van der Waals surface area contributed by atoms with Crippen molar-refractivity contribution >= 4 is 28.2 Å². The Labute approximate surface area is 117 Å². The van der Waals surface area contributed by atoms with E-state index in [1.807, 2.05) is 0 Å². The summed E-state index contributed by atoms with van der Waals surface area (Å²) >= 11 is 0. The Morgan fingerprint density at radius 1 is 1.00 bits per heavy atom. The van der Waals surface area contributed by atoms with Gasteiger partial charge in [-0.2, -0.15) is 0 Å². The second-order valence-corrected chi connectivity index (χ2v) is 5.35. The van der Waals surface area contributed by atoms with Gasteiger partial charge in [0.2, 0.25) is 0 Å². The summed E-state index contributed by atoms with van der Waals surface area (Å²) in [5, 5.41) is 25.8. The molecule has 0 aromatic rings. The molecule has 1 unspecified atom stereocenters. The van der Waals surface area contributed by atoms with Gasteiger partial charge in [-0.25, -0.2) is 14.4 Å². The van der Waals surface area contributed by atoms with E-state index in [1.54, 1.807) is 0 Å². The maximum Gasteiger partial charge on any atom is 0.335 e. The highest BCUT2D eigenvalue weighted by molar-refractivity contribution is 6.11. The Kier molecular flexibility index (Phi) is 7.99. The van der Waals surface area contributed by atoms with Gasteiger partial charge in [0, 0.05) is 6.92 Å². The zero-order chi connectivity index (χ0) is 15.8.